The Bertz CT molecular complexity index is 1150. The van der Waals surface area contributed by atoms with Gasteiger partial charge in [0, 0.05) is 18.7 Å². The van der Waals surface area contributed by atoms with Crippen LogP contribution in [0.4, 0.5) is 5.69 Å². The van der Waals surface area contributed by atoms with Crippen molar-refractivity contribution in [2.45, 2.75) is 12.8 Å². The number of rotatable bonds is 3. The Morgan fingerprint density at radius 3 is 2.25 bits per heavy atom. The first-order chi connectivity index (χ1) is 15.6. The molecule has 2 bridgehead atoms. The predicted molar refractivity (Wildman–Crippen MR) is 122 cm³/mol. The van der Waals surface area contributed by atoms with Gasteiger partial charge in [0.15, 0.2) is 0 Å². The molecule has 160 valence electrons. The number of imide groups is 1. The van der Waals surface area contributed by atoms with E-state index in [4.69, 9.17) is 0 Å². The summed E-state index contributed by atoms with van der Waals surface area (Å²) < 4.78 is 0. The molecule has 1 saturated heterocycles. The van der Waals surface area contributed by atoms with Crippen LogP contribution in [0.25, 0.3) is 5.57 Å². The van der Waals surface area contributed by atoms with Gasteiger partial charge in [-0.1, -0.05) is 54.6 Å². The van der Waals surface area contributed by atoms with Gasteiger partial charge >= 0.3 is 0 Å². The number of nitrogens with zero attached hydrogens (tertiary/aromatic N) is 2. The minimum absolute atomic E-state index is 0.0729. The van der Waals surface area contributed by atoms with E-state index >= 15 is 0 Å². The number of carbonyl (C=O) groups excluding carboxylic acids is 3. The van der Waals surface area contributed by atoms with Crippen LogP contribution >= 0.6 is 0 Å². The number of benzene rings is 2. The van der Waals surface area contributed by atoms with Crippen molar-refractivity contribution in [3.63, 3.8) is 0 Å². The zero-order valence-corrected chi connectivity index (χ0v) is 17.7. The van der Waals surface area contributed by atoms with Crippen molar-refractivity contribution < 1.29 is 14.4 Å². The summed E-state index contributed by atoms with van der Waals surface area (Å²) in [6.45, 7) is 1.19. The zero-order valence-electron chi connectivity index (χ0n) is 17.7. The molecule has 32 heavy (non-hydrogen) atoms. The molecule has 2 fully saturated rings. The van der Waals surface area contributed by atoms with Gasteiger partial charge in [-0.15, -0.1) is 0 Å². The van der Waals surface area contributed by atoms with E-state index in [-0.39, 0.29) is 41.4 Å². The average Bonchev–Trinajstić information content (AvgIpc) is 3.53. The molecule has 4 unspecified atom stereocenters. The summed E-state index contributed by atoms with van der Waals surface area (Å²) in [7, 11) is 0. The molecule has 0 spiro atoms. The fourth-order valence-corrected chi connectivity index (χ4v) is 5.89. The van der Waals surface area contributed by atoms with Crippen molar-refractivity contribution >= 4 is 29.0 Å². The van der Waals surface area contributed by atoms with Crippen molar-refractivity contribution in [1.29, 1.82) is 0 Å². The molecule has 5 heteroatoms. The fourth-order valence-electron chi connectivity index (χ4n) is 5.89. The molecule has 0 radical (unpaired) electrons. The van der Waals surface area contributed by atoms with Crippen LogP contribution in [0, 0.1) is 23.7 Å². The monoisotopic (exact) mass is 424 g/mol. The van der Waals surface area contributed by atoms with Gasteiger partial charge in [0.2, 0.25) is 11.8 Å². The Labute approximate surface area is 187 Å². The summed E-state index contributed by atoms with van der Waals surface area (Å²) in [5, 5.41) is 0. The van der Waals surface area contributed by atoms with Crippen LogP contribution in [-0.4, -0.2) is 35.7 Å². The molecule has 4 atom stereocenters. The number of hydrogen-bond acceptors (Lipinski definition) is 3. The molecule has 6 rings (SSSR count). The first-order valence-corrected chi connectivity index (χ1v) is 11.3. The van der Waals surface area contributed by atoms with Gasteiger partial charge in [-0.2, -0.15) is 0 Å². The maximum absolute atomic E-state index is 13.2. The molecular formula is C27H24N2O3. The van der Waals surface area contributed by atoms with Crippen molar-refractivity contribution in [1.82, 2.24) is 4.90 Å². The third-order valence-corrected chi connectivity index (χ3v) is 7.46. The molecule has 2 aromatic rings. The highest BCUT2D eigenvalue weighted by atomic mass is 16.2. The number of anilines is 1. The lowest BCUT2D eigenvalue weighted by atomic mass is 9.85. The van der Waals surface area contributed by atoms with Crippen molar-refractivity contribution in [3.8, 4) is 0 Å². The lowest BCUT2D eigenvalue weighted by molar-refractivity contribution is -0.123. The van der Waals surface area contributed by atoms with Gasteiger partial charge in [0.05, 0.1) is 17.5 Å². The van der Waals surface area contributed by atoms with E-state index in [0.29, 0.717) is 24.3 Å². The van der Waals surface area contributed by atoms with E-state index in [1.54, 1.807) is 24.3 Å². The number of allylic oxidation sites excluding steroid dienone is 2. The van der Waals surface area contributed by atoms with E-state index in [1.807, 2.05) is 23.1 Å². The number of amides is 3. The third-order valence-electron chi connectivity index (χ3n) is 7.46. The van der Waals surface area contributed by atoms with Crippen LogP contribution in [0.5, 0.6) is 0 Å². The lowest BCUT2D eigenvalue weighted by Gasteiger charge is -2.27. The van der Waals surface area contributed by atoms with E-state index in [1.165, 1.54) is 16.0 Å². The Morgan fingerprint density at radius 2 is 1.59 bits per heavy atom. The van der Waals surface area contributed by atoms with E-state index in [2.05, 4.69) is 30.4 Å². The lowest BCUT2D eigenvalue weighted by Crippen LogP contribution is -2.35. The predicted octanol–water partition coefficient (Wildman–Crippen LogP) is 3.93. The summed E-state index contributed by atoms with van der Waals surface area (Å²) >= 11 is 0. The Morgan fingerprint density at radius 1 is 0.875 bits per heavy atom. The van der Waals surface area contributed by atoms with Gasteiger partial charge in [-0.05, 0) is 54.0 Å². The SMILES string of the molecule is O=C(c1cccc(N2C(=O)C3C4C=CC(C4)C3C2=O)c1)N1CC=C(c2ccccc2)CC1. The highest BCUT2D eigenvalue weighted by Gasteiger charge is 2.59. The summed E-state index contributed by atoms with van der Waals surface area (Å²) in [4.78, 5) is 42.5. The van der Waals surface area contributed by atoms with Gasteiger partial charge in [0.1, 0.15) is 0 Å². The van der Waals surface area contributed by atoms with Crippen LogP contribution < -0.4 is 4.90 Å². The molecule has 2 aliphatic carbocycles. The van der Waals surface area contributed by atoms with E-state index in [0.717, 1.165) is 12.8 Å². The zero-order chi connectivity index (χ0) is 21.8. The van der Waals surface area contributed by atoms with E-state index in [9.17, 15) is 14.4 Å². The molecule has 1 saturated carbocycles. The van der Waals surface area contributed by atoms with Crippen LogP contribution in [0.3, 0.4) is 0 Å². The second-order valence-electron chi connectivity index (χ2n) is 9.16. The Balaban J connectivity index is 1.22. The standard InChI is InChI=1S/C27H24N2O3/c30-25(28-13-11-18(12-14-28)17-5-2-1-3-6-17)21-7-4-8-22(16-21)29-26(31)23-19-9-10-20(15-19)24(23)27(29)32/h1-11,16,19-20,23-24H,12-15H2. The first kappa shape index (κ1) is 19.2. The van der Waals surface area contributed by atoms with Crippen LogP contribution in [-0.2, 0) is 9.59 Å². The topological polar surface area (TPSA) is 57.7 Å². The molecule has 2 heterocycles. The summed E-state index contributed by atoms with van der Waals surface area (Å²) in [6.07, 6.45) is 8.00. The Hall–Kier alpha value is -3.47. The number of fused-ring (bicyclic) bond motifs is 5. The molecular weight excluding hydrogens is 400 g/mol. The first-order valence-electron chi connectivity index (χ1n) is 11.3. The maximum atomic E-state index is 13.2. The molecule has 3 amide bonds. The molecule has 0 N–H and O–H groups in total. The molecule has 5 nitrogen and oxygen atoms in total. The molecule has 4 aliphatic rings. The minimum Gasteiger partial charge on any atom is -0.335 e. The number of carbonyl (C=O) groups is 3. The largest absolute Gasteiger partial charge is 0.335 e. The van der Waals surface area contributed by atoms with E-state index < -0.39 is 0 Å². The summed E-state index contributed by atoms with van der Waals surface area (Å²) in [5.74, 6) is -0.424. The van der Waals surface area contributed by atoms with Crippen molar-refractivity contribution in [2.75, 3.05) is 18.0 Å². The second kappa shape index (κ2) is 7.30. The fraction of sp³-hybridized carbons (Fsp3) is 0.296. The smallest absolute Gasteiger partial charge is 0.254 e. The van der Waals surface area contributed by atoms with Crippen LogP contribution in [0.2, 0.25) is 0 Å². The quantitative estimate of drug-likeness (QED) is 0.554. The second-order valence-corrected chi connectivity index (χ2v) is 9.16. The number of hydrogen-bond donors (Lipinski definition) is 0. The average molecular weight is 425 g/mol. The molecule has 2 aliphatic heterocycles. The third kappa shape index (κ3) is 2.88. The normalized spacial score (nSPS) is 28.3. The summed E-state index contributed by atoms with van der Waals surface area (Å²) in [5.41, 5.74) is 3.48. The maximum Gasteiger partial charge on any atom is 0.254 e. The Kier molecular flexibility index (Phi) is 4.39. The highest BCUT2D eigenvalue weighted by Crippen LogP contribution is 2.53. The van der Waals surface area contributed by atoms with Gasteiger partial charge in [-0.3, -0.25) is 14.4 Å². The summed E-state index contributed by atoms with van der Waals surface area (Å²) in [6, 6.07) is 17.2. The molecule has 2 aromatic carbocycles. The van der Waals surface area contributed by atoms with Crippen molar-refractivity contribution in [3.05, 3.63) is 84.0 Å². The van der Waals surface area contributed by atoms with Crippen LogP contribution in [0.1, 0.15) is 28.8 Å². The van der Waals surface area contributed by atoms with Crippen LogP contribution in [0.15, 0.2) is 72.8 Å². The van der Waals surface area contributed by atoms with Gasteiger partial charge in [-0.25, -0.2) is 4.90 Å². The van der Waals surface area contributed by atoms with Gasteiger partial charge < -0.3 is 4.90 Å². The highest BCUT2D eigenvalue weighted by molar-refractivity contribution is 6.23. The minimum atomic E-state index is -0.236. The van der Waals surface area contributed by atoms with Gasteiger partial charge in [0.25, 0.3) is 5.91 Å². The van der Waals surface area contributed by atoms with Crippen molar-refractivity contribution in [2.24, 2.45) is 23.7 Å². The molecule has 0 aromatic heterocycles.